The first kappa shape index (κ1) is 34.7. The van der Waals surface area contributed by atoms with E-state index >= 15 is 0 Å². The van der Waals surface area contributed by atoms with Gasteiger partial charge in [0.05, 0.1) is 25.2 Å². The van der Waals surface area contributed by atoms with E-state index in [-0.39, 0.29) is 41.7 Å². The summed E-state index contributed by atoms with van der Waals surface area (Å²) in [5.74, 6) is 0.502. The lowest BCUT2D eigenvalue weighted by atomic mass is 9.91. The molecule has 1 aliphatic heterocycles. The summed E-state index contributed by atoms with van der Waals surface area (Å²) >= 11 is 2.18. The van der Waals surface area contributed by atoms with Crippen LogP contribution in [0.5, 0.6) is 5.75 Å². The first-order chi connectivity index (χ1) is 18.6. The first-order valence-electron chi connectivity index (χ1n) is 14.0. The van der Waals surface area contributed by atoms with Crippen LogP contribution in [0.2, 0.25) is 18.1 Å². The molecule has 1 fully saturated rings. The van der Waals surface area contributed by atoms with Gasteiger partial charge in [-0.05, 0) is 66.6 Å². The molecule has 0 amide bonds. The zero-order valence-corrected chi connectivity index (χ0v) is 28.9. The molecule has 6 atom stereocenters. The zero-order chi connectivity index (χ0) is 30.3. The second kappa shape index (κ2) is 14.6. The summed E-state index contributed by atoms with van der Waals surface area (Å²) in [5.41, 5.74) is 1.27. The SMILES string of the molecule is C=C[C@@H]1OC(c2ccc(OC)cc2)O[C@]1(C)CCC(CC(=O)O[C@H](/C(C)=C/I)[C@@H](C)C=C)O[Si](C)(C)C(C)(C)C. The molecule has 8 heteroatoms. The van der Waals surface area contributed by atoms with Crippen molar-refractivity contribution in [2.75, 3.05) is 7.11 Å². The Labute approximate surface area is 256 Å². The second-order valence-electron chi connectivity index (χ2n) is 12.4. The van der Waals surface area contributed by atoms with Crippen molar-refractivity contribution in [3.8, 4) is 5.75 Å². The van der Waals surface area contributed by atoms with Gasteiger partial charge in [0.2, 0.25) is 0 Å². The summed E-state index contributed by atoms with van der Waals surface area (Å²) in [7, 11) is -0.534. The van der Waals surface area contributed by atoms with Gasteiger partial charge in [0.1, 0.15) is 18.0 Å². The number of halogens is 1. The van der Waals surface area contributed by atoms with Gasteiger partial charge in [-0.2, -0.15) is 0 Å². The number of carbonyl (C=O) groups excluding carboxylic acids is 1. The van der Waals surface area contributed by atoms with Gasteiger partial charge in [-0.15, -0.1) is 13.2 Å². The normalized spacial score (nSPS) is 24.2. The van der Waals surface area contributed by atoms with E-state index in [1.807, 2.05) is 55.2 Å². The minimum Gasteiger partial charge on any atom is -0.497 e. The third-order valence-corrected chi connectivity index (χ3v) is 13.7. The van der Waals surface area contributed by atoms with E-state index in [2.05, 4.69) is 69.6 Å². The summed E-state index contributed by atoms with van der Waals surface area (Å²) in [6, 6.07) is 7.68. The molecule has 0 N–H and O–H groups in total. The predicted molar refractivity (Wildman–Crippen MR) is 173 cm³/mol. The number of esters is 1. The van der Waals surface area contributed by atoms with E-state index in [1.54, 1.807) is 13.2 Å². The predicted octanol–water partition coefficient (Wildman–Crippen LogP) is 8.69. The van der Waals surface area contributed by atoms with Crippen LogP contribution < -0.4 is 4.74 Å². The Kier molecular flexibility index (Phi) is 12.7. The molecule has 0 aromatic heterocycles. The van der Waals surface area contributed by atoms with Crippen molar-refractivity contribution in [2.24, 2.45) is 5.92 Å². The lowest BCUT2D eigenvalue weighted by Gasteiger charge is -2.40. The van der Waals surface area contributed by atoms with Crippen LogP contribution in [-0.4, -0.2) is 45.3 Å². The molecule has 40 heavy (non-hydrogen) atoms. The standard InChI is InChI=1S/C32H49IO6Si/c1-12-22(3)29(23(4)21-33)37-28(34)20-26(39-40(10,11)31(5,6)7)18-19-32(8)27(13-2)36-30(38-32)24-14-16-25(35-9)17-15-24/h12-17,21-22,26-27,29-30H,1-2,18-20H2,3-11H3/b23-21+/t22-,26?,27-,29-,30?,32+/m0/s1. The van der Waals surface area contributed by atoms with Gasteiger partial charge in [-0.25, -0.2) is 0 Å². The number of methoxy groups -OCH3 is 1. The Hall–Kier alpha value is -1.46. The molecule has 1 aromatic carbocycles. The molecule has 0 bridgehead atoms. The maximum absolute atomic E-state index is 13.3. The highest BCUT2D eigenvalue weighted by molar-refractivity contribution is 14.1. The number of hydrogen-bond donors (Lipinski definition) is 0. The van der Waals surface area contributed by atoms with Crippen molar-refractivity contribution >= 4 is 36.9 Å². The number of benzene rings is 1. The smallest absolute Gasteiger partial charge is 0.308 e. The number of hydrogen-bond acceptors (Lipinski definition) is 6. The molecule has 1 saturated heterocycles. The largest absolute Gasteiger partial charge is 0.497 e. The summed E-state index contributed by atoms with van der Waals surface area (Å²) in [5, 5.41) is -0.00440. The minimum atomic E-state index is -2.17. The maximum atomic E-state index is 13.3. The summed E-state index contributed by atoms with van der Waals surface area (Å²) in [6.07, 6.45) is 3.52. The average Bonchev–Trinajstić information content (AvgIpc) is 3.25. The Morgan fingerprint density at radius 3 is 2.35 bits per heavy atom. The van der Waals surface area contributed by atoms with Crippen molar-refractivity contribution in [3.05, 3.63) is 64.8 Å². The lowest BCUT2D eigenvalue weighted by Crippen LogP contribution is -2.45. The van der Waals surface area contributed by atoms with E-state index in [9.17, 15) is 4.79 Å². The highest BCUT2D eigenvalue weighted by Gasteiger charge is 2.46. The molecular weight excluding hydrogens is 635 g/mol. The quantitative estimate of drug-likeness (QED) is 0.0846. The third-order valence-electron chi connectivity index (χ3n) is 8.20. The third kappa shape index (κ3) is 9.02. The average molecular weight is 685 g/mol. The van der Waals surface area contributed by atoms with E-state index < -0.39 is 20.2 Å². The summed E-state index contributed by atoms with van der Waals surface area (Å²) in [4.78, 5) is 13.3. The zero-order valence-electron chi connectivity index (χ0n) is 25.8. The minimum absolute atomic E-state index is 0.000844. The fourth-order valence-corrected chi connectivity index (χ4v) is 6.19. The van der Waals surface area contributed by atoms with Gasteiger partial charge in [-0.3, -0.25) is 4.79 Å². The summed E-state index contributed by atoms with van der Waals surface area (Å²) in [6.45, 7) is 24.9. The van der Waals surface area contributed by atoms with Crippen LogP contribution >= 0.6 is 22.6 Å². The van der Waals surface area contributed by atoms with Crippen LogP contribution in [0.1, 0.15) is 72.7 Å². The van der Waals surface area contributed by atoms with Gasteiger partial charge < -0.3 is 23.4 Å². The number of carbonyl (C=O) groups is 1. The molecule has 6 nitrogen and oxygen atoms in total. The fraction of sp³-hybridized carbons (Fsp3) is 0.594. The molecular formula is C32H49IO6Si. The van der Waals surface area contributed by atoms with Crippen LogP contribution in [0.15, 0.2) is 59.2 Å². The first-order valence-corrected chi connectivity index (χ1v) is 18.1. The fourth-order valence-electron chi connectivity index (χ4n) is 4.45. The van der Waals surface area contributed by atoms with Crippen molar-refractivity contribution in [1.29, 1.82) is 0 Å². The highest BCUT2D eigenvalue weighted by atomic mass is 127. The molecule has 2 rings (SSSR count). The molecule has 1 aliphatic rings. The molecule has 0 aliphatic carbocycles. The highest BCUT2D eigenvalue weighted by Crippen LogP contribution is 2.43. The molecule has 0 saturated carbocycles. The van der Waals surface area contributed by atoms with Crippen LogP contribution in [-0.2, 0) is 23.4 Å². The summed E-state index contributed by atoms with van der Waals surface area (Å²) < 4.78 is 32.8. The Balaban J connectivity index is 2.23. The number of rotatable bonds is 14. The van der Waals surface area contributed by atoms with Crippen LogP contribution in [0.4, 0.5) is 0 Å². The van der Waals surface area contributed by atoms with Crippen molar-refractivity contribution < 1.29 is 28.2 Å². The molecule has 2 unspecified atom stereocenters. The second-order valence-corrected chi connectivity index (χ2v) is 17.8. The van der Waals surface area contributed by atoms with Gasteiger partial charge >= 0.3 is 5.97 Å². The van der Waals surface area contributed by atoms with Gasteiger partial charge in [0.25, 0.3) is 0 Å². The van der Waals surface area contributed by atoms with Gasteiger partial charge in [0.15, 0.2) is 14.6 Å². The number of ether oxygens (including phenoxy) is 4. The molecule has 0 spiro atoms. The monoisotopic (exact) mass is 684 g/mol. The van der Waals surface area contributed by atoms with Crippen molar-refractivity contribution in [3.63, 3.8) is 0 Å². The Bertz CT molecular complexity index is 1030. The molecule has 1 aromatic rings. The van der Waals surface area contributed by atoms with E-state index in [4.69, 9.17) is 23.4 Å². The molecule has 224 valence electrons. The van der Waals surface area contributed by atoms with E-state index in [0.717, 1.165) is 16.9 Å². The topological polar surface area (TPSA) is 63.2 Å². The Morgan fingerprint density at radius 2 is 1.85 bits per heavy atom. The van der Waals surface area contributed by atoms with E-state index in [1.165, 1.54) is 0 Å². The van der Waals surface area contributed by atoms with Crippen molar-refractivity contribution in [2.45, 2.75) is 109 Å². The van der Waals surface area contributed by atoms with E-state index in [0.29, 0.717) is 12.8 Å². The molecule has 1 heterocycles. The van der Waals surface area contributed by atoms with Gasteiger partial charge in [0, 0.05) is 11.5 Å². The van der Waals surface area contributed by atoms with Crippen LogP contribution in [0.25, 0.3) is 0 Å². The Morgan fingerprint density at radius 1 is 1.23 bits per heavy atom. The maximum Gasteiger partial charge on any atom is 0.308 e. The molecule has 0 radical (unpaired) electrons. The van der Waals surface area contributed by atoms with Gasteiger partial charge in [-0.1, -0.05) is 74.6 Å². The lowest BCUT2D eigenvalue weighted by molar-refractivity contribution is -0.151. The van der Waals surface area contributed by atoms with Crippen LogP contribution in [0.3, 0.4) is 0 Å². The van der Waals surface area contributed by atoms with Crippen LogP contribution in [0, 0.1) is 5.92 Å². The van der Waals surface area contributed by atoms with Crippen molar-refractivity contribution in [1.82, 2.24) is 0 Å².